The maximum absolute atomic E-state index is 14.8. The van der Waals surface area contributed by atoms with Gasteiger partial charge in [0.1, 0.15) is 23.4 Å². The Morgan fingerprint density at radius 2 is 1.89 bits per heavy atom. The van der Waals surface area contributed by atoms with E-state index in [4.69, 9.17) is 15.2 Å². The van der Waals surface area contributed by atoms with Gasteiger partial charge in [0.05, 0.1) is 19.0 Å². The summed E-state index contributed by atoms with van der Waals surface area (Å²) in [5.41, 5.74) is 13.3. The van der Waals surface area contributed by atoms with Crippen LogP contribution in [-0.2, 0) is 6.42 Å². The predicted octanol–water partition coefficient (Wildman–Crippen LogP) is 5.93. The topological polar surface area (TPSA) is 59.8 Å². The third-order valence-electron chi connectivity index (χ3n) is 7.73. The summed E-state index contributed by atoms with van der Waals surface area (Å²) in [6, 6.07) is 17.6. The van der Waals surface area contributed by atoms with Gasteiger partial charge in [0, 0.05) is 49.9 Å². The number of hydrogen-bond donors (Lipinski definition) is 2. The number of nitrogens with zero attached hydrogens (tertiary/aromatic N) is 1. The molecule has 0 bridgehead atoms. The summed E-state index contributed by atoms with van der Waals surface area (Å²) >= 11 is 0. The number of fused-ring (bicyclic) bond motifs is 2. The smallest absolute Gasteiger partial charge is 0.146 e. The SMILES string of the molecule is Nc1cc2c(cc1F)C(c1ccc(OC3CCN(CCCF)C3)cc1)=C(c1ccc3c(c1)CCN3)CCO2. The number of rotatable bonds is 7. The molecule has 0 amide bonds. The number of halogens is 2. The van der Waals surface area contributed by atoms with Gasteiger partial charge in [-0.3, -0.25) is 9.29 Å². The van der Waals surface area contributed by atoms with Crippen molar-refractivity contribution >= 4 is 22.5 Å². The molecule has 0 saturated carbocycles. The number of nitrogens with two attached hydrogens (primary N) is 1. The number of likely N-dealkylation sites (tertiary alicyclic amines) is 1. The van der Waals surface area contributed by atoms with Gasteiger partial charge < -0.3 is 20.5 Å². The van der Waals surface area contributed by atoms with Crippen molar-refractivity contribution in [2.24, 2.45) is 0 Å². The highest BCUT2D eigenvalue weighted by atomic mass is 19.1. The first kappa shape index (κ1) is 24.7. The average molecular weight is 518 g/mol. The van der Waals surface area contributed by atoms with Crippen molar-refractivity contribution in [3.8, 4) is 11.5 Å². The van der Waals surface area contributed by atoms with Crippen LogP contribution in [0.1, 0.15) is 41.5 Å². The van der Waals surface area contributed by atoms with Crippen LogP contribution in [-0.4, -0.2) is 50.5 Å². The van der Waals surface area contributed by atoms with Crippen LogP contribution in [0.4, 0.5) is 20.2 Å². The van der Waals surface area contributed by atoms with E-state index < -0.39 is 5.82 Å². The molecule has 1 saturated heterocycles. The van der Waals surface area contributed by atoms with Crippen molar-refractivity contribution in [2.45, 2.75) is 31.8 Å². The van der Waals surface area contributed by atoms with E-state index in [1.807, 2.05) is 24.3 Å². The number of benzene rings is 3. The summed E-state index contributed by atoms with van der Waals surface area (Å²) in [5, 5.41) is 3.43. The molecule has 0 spiro atoms. The fraction of sp³-hybridized carbons (Fsp3) is 0.355. The average Bonchev–Trinajstić information content (AvgIpc) is 3.54. The number of hydrogen-bond acceptors (Lipinski definition) is 5. The van der Waals surface area contributed by atoms with E-state index >= 15 is 0 Å². The van der Waals surface area contributed by atoms with Crippen LogP contribution in [0.3, 0.4) is 0 Å². The minimum absolute atomic E-state index is 0.0797. The summed E-state index contributed by atoms with van der Waals surface area (Å²) in [5.74, 6) is 0.935. The molecule has 0 aromatic heterocycles. The van der Waals surface area contributed by atoms with Crippen LogP contribution >= 0.6 is 0 Å². The second kappa shape index (κ2) is 10.7. The second-order valence-corrected chi connectivity index (χ2v) is 10.3. The first-order valence-corrected chi connectivity index (χ1v) is 13.5. The summed E-state index contributed by atoms with van der Waals surface area (Å²) in [6.07, 6.45) is 3.27. The molecule has 198 valence electrons. The van der Waals surface area contributed by atoms with Crippen LogP contribution < -0.4 is 20.5 Å². The van der Waals surface area contributed by atoms with E-state index in [1.165, 1.54) is 17.3 Å². The lowest BCUT2D eigenvalue weighted by Gasteiger charge is -2.18. The fourth-order valence-corrected chi connectivity index (χ4v) is 5.82. The number of anilines is 2. The molecule has 38 heavy (non-hydrogen) atoms. The van der Waals surface area contributed by atoms with Crippen LogP contribution in [0.2, 0.25) is 0 Å². The normalized spacial score (nSPS) is 18.9. The lowest BCUT2D eigenvalue weighted by Crippen LogP contribution is -2.26. The van der Waals surface area contributed by atoms with Crippen molar-refractivity contribution in [2.75, 3.05) is 50.5 Å². The molecule has 7 heteroatoms. The molecule has 3 aliphatic heterocycles. The zero-order valence-electron chi connectivity index (χ0n) is 21.4. The molecule has 3 aromatic rings. The zero-order chi connectivity index (χ0) is 26.1. The van der Waals surface area contributed by atoms with Gasteiger partial charge in [-0.1, -0.05) is 18.2 Å². The third-order valence-corrected chi connectivity index (χ3v) is 7.73. The van der Waals surface area contributed by atoms with E-state index in [9.17, 15) is 8.78 Å². The highest BCUT2D eigenvalue weighted by molar-refractivity contribution is 6.01. The molecule has 5 nitrogen and oxygen atoms in total. The predicted molar refractivity (Wildman–Crippen MR) is 148 cm³/mol. The third kappa shape index (κ3) is 4.95. The zero-order valence-corrected chi connectivity index (χ0v) is 21.4. The van der Waals surface area contributed by atoms with Gasteiger partial charge in [0.2, 0.25) is 0 Å². The first-order valence-electron chi connectivity index (χ1n) is 13.5. The Balaban J connectivity index is 1.36. The molecule has 1 atom stereocenters. The maximum atomic E-state index is 14.8. The van der Waals surface area contributed by atoms with E-state index in [-0.39, 0.29) is 18.5 Å². The minimum atomic E-state index is -0.456. The van der Waals surface area contributed by atoms with E-state index in [0.29, 0.717) is 30.8 Å². The van der Waals surface area contributed by atoms with Crippen LogP contribution in [0.5, 0.6) is 11.5 Å². The molecule has 3 N–H and O–H groups in total. The molecule has 3 aliphatic rings. The molecule has 3 aromatic carbocycles. The lowest BCUT2D eigenvalue weighted by molar-refractivity contribution is 0.198. The Hall–Kier alpha value is -3.58. The quantitative estimate of drug-likeness (QED) is 0.381. The number of nitrogen functional groups attached to an aromatic ring is 1. The van der Waals surface area contributed by atoms with E-state index in [1.54, 1.807) is 6.07 Å². The first-order chi connectivity index (χ1) is 18.6. The number of ether oxygens (including phenoxy) is 2. The molecule has 3 heterocycles. The summed E-state index contributed by atoms with van der Waals surface area (Å²) < 4.78 is 39.7. The molecule has 6 rings (SSSR count). The van der Waals surface area contributed by atoms with Crippen LogP contribution in [0, 0.1) is 5.82 Å². The number of nitrogens with one attached hydrogen (secondary N) is 1. The van der Waals surface area contributed by atoms with Crippen molar-refractivity contribution in [3.63, 3.8) is 0 Å². The molecular formula is C31H33F2N3O2. The van der Waals surface area contributed by atoms with Gasteiger partial charge in [-0.15, -0.1) is 0 Å². The summed E-state index contributed by atoms with van der Waals surface area (Å²) in [6.45, 7) is 3.66. The molecular weight excluding hydrogens is 484 g/mol. The molecule has 1 unspecified atom stereocenters. The van der Waals surface area contributed by atoms with E-state index in [2.05, 4.69) is 28.4 Å². The number of alkyl halides is 1. The lowest BCUT2D eigenvalue weighted by atomic mass is 9.87. The van der Waals surface area contributed by atoms with Crippen molar-refractivity contribution in [3.05, 3.63) is 82.7 Å². The van der Waals surface area contributed by atoms with Crippen molar-refractivity contribution in [1.82, 2.24) is 4.90 Å². The highest BCUT2D eigenvalue weighted by Gasteiger charge is 2.25. The monoisotopic (exact) mass is 517 g/mol. The highest BCUT2D eigenvalue weighted by Crippen LogP contribution is 2.43. The van der Waals surface area contributed by atoms with Gasteiger partial charge in [-0.25, -0.2) is 4.39 Å². The molecule has 0 radical (unpaired) electrons. The Morgan fingerprint density at radius 3 is 2.74 bits per heavy atom. The fourth-order valence-electron chi connectivity index (χ4n) is 5.82. The maximum Gasteiger partial charge on any atom is 0.146 e. The Kier molecular flexibility index (Phi) is 6.94. The second-order valence-electron chi connectivity index (χ2n) is 10.3. The van der Waals surface area contributed by atoms with Crippen LogP contribution in [0.25, 0.3) is 11.1 Å². The molecule has 0 aliphatic carbocycles. The Bertz CT molecular complexity index is 1360. The van der Waals surface area contributed by atoms with Crippen molar-refractivity contribution in [1.29, 1.82) is 0 Å². The van der Waals surface area contributed by atoms with Gasteiger partial charge in [0.25, 0.3) is 0 Å². The standard InChI is InChI=1S/C31H33F2N3O2/c32-11-1-13-36-14-9-24(19-36)38-23-5-2-20(3-6-23)31-25(21-4-7-29-22(16-21)8-12-35-29)10-15-37-30-18-28(34)27(33)17-26(30)31/h2-7,16-18,24,35H,1,8-15,19,34H2. The van der Waals surface area contributed by atoms with Gasteiger partial charge in [0.15, 0.2) is 0 Å². The van der Waals surface area contributed by atoms with Crippen LogP contribution in [0.15, 0.2) is 54.6 Å². The summed E-state index contributed by atoms with van der Waals surface area (Å²) in [7, 11) is 0. The Morgan fingerprint density at radius 1 is 1.05 bits per heavy atom. The Labute approximate surface area is 222 Å². The van der Waals surface area contributed by atoms with Crippen molar-refractivity contribution < 1.29 is 18.3 Å². The van der Waals surface area contributed by atoms with Gasteiger partial charge in [-0.2, -0.15) is 0 Å². The summed E-state index contributed by atoms with van der Waals surface area (Å²) in [4.78, 5) is 2.25. The molecule has 1 fully saturated rings. The minimum Gasteiger partial charge on any atom is -0.493 e. The van der Waals surface area contributed by atoms with E-state index in [0.717, 1.165) is 67.0 Å². The largest absolute Gasteiger partial charge is 0.493 e. The van der Waals surface area contributed by atoms with Gasteiger partial charge in [-0.05, 0) is 77.4 Å². The van der Waals surface area contributed by atoms with Gasteiger partial charge >= 0.3 is 0 Å².